The molecule has 0 unspecified atom stereocenters. The highest BCUT2D eigenvalue weighted by Gasteiger charge is 2.15. The van der Waals surface area contributed by atoms with Gasteiger partial charge >= 0.3 is 5.97 Å². The first-order valence-electron chi connectivity index (χ1n) is 9.46. The normalized spacial score (nSPS) is 10.8. The van der Waals surface area contributed by atoms with Gasteiger partial charge in [0.1, 0.15) is 5.03 Å². The molecule has 0 fully saturated rings. The van der Waals surface area contributed by atoms with Crippen molar-refractivity contribution >= 4 is 40.2 Å². The molecule has 0 aliphatic rings. The molecule has 1 N–H and O–H groups in total. The van der Waals surface area contributed by atoms with Crippen molar-refractivity contribution < 1.29 is 14.3 Å². The lowest BCUT2D eigenvalue weighted by Crippen LogP contribution is -2.17. The summed E-state index contributed by atoms with van der Waals surface area (Å²) >= 11 is 1.39. The van der Waals surface area contributed by atoms with E-state index in [-0.39, 0.29) is 18.3 Å². The first-order chi connectivity index (χ1) is 13.9. The number of aryl methyl sites for hydroxylation is 3. The van der Waals surface area contributed by atoms with E-state index in [0.717, 1.165) is 27.1 Å². The zero-order valence-electron chi connectivity index (χ0n) is 17.0. The summed E-state index contributed by atoms with van der Waals surface area (Å²) in [7, 11) is 0. The zero-order chi connectivity index (χ0) is 21.0. The Bertz CT molecular complexity index is 1080. The molecule has 0 saturated carbocycles. The lowest BCUT2D eigenvalue weighted by atomic mass is 10.1. The highest BCUT2D eigenvalue weighted by molar-refractivity contribution is 8.00. The molecule has 150 valence electrons. The van der Waals surface area contributed by atoms with Gasteiger partial charge in [-0.05, 0) is 68.7 Å². The molecule has 5 nitrogen and oxygen atoms in total. The van der Waals surface area contributed by atoms with Crippen molar-refractivity contribution in [1.82, 2.24) is 4.98 Å². The molecule has 0 saturated heterocycles. The van der Waals surface area contributed by atoms with E-state index in [2.05, 4.69) is 37.4 Å². The molecule has 2 aromatic carbocycles. The van der Waals surface area contributed by atoms with Crippen LogP contribution in [0.3, 0.4) is 0 Å². The molecule has 29 heavy (non-hydrogen) atoms. The fourth-order valence-electron chi connectivity index (χ4n) is 3.16. The number of fused-ring (bicyclic) bond motifs is 1. The number of nitrogens with one attached hydrogen (secondary N) is 1. The van der Waals surface area contributed by atoms with Gasteiger partial charge in [0, 0.05) is 5.39 Å². The van der Waals surface area contributed by atoms with Gasteiger partial charge in [-0.15, -0.1) is 0 Å². The Hall–Kier alpha value is -2.86. The summed E-state index contributed by atoms with van der Waals surface area (Å²) in [6.07, 6.45) is 0. The third-order valence-corrected chi connectivity index (χ3v) is 5.56. The van der Waals surface area contributed by atoms with Gasteiger partial charge in [-0.1, -0.05) is 30.0 Å². The van der Waals surface area contributed by atoms with E-state index in [4.69, 9.17) is 9.72 Å². The topological polar surface area (TPSA) is 68.3 Å². The molecular formula is C23H24N2O3S. The highest BCUT2D eigenvalue weighted by atomic mass is 32.2. The lowest BCUT2D eigenvalue weighted by molar-refractivity contribution is -0.113. The van der Waals surface area contributed by atoms with Crippen molar-refractivity contribution in [2.45, 2.75) is 32.7 Å². The Morgan fingerprint density at radius 2 is 1.83 bits per heavy atom. The summed E-state index contributed by atoms with van der Waals surface area (Å²) in [6, 6.07) is 13.2. The van der Waals surface area contributed by atoms with Crippen LogP contribution in [-0.2, 0) is 9.53 Å². The van der Waals surface area contributed by atoms with Crippen molar-refractivity contribution in [3.05, 3.63) is 64.7 Å². The summed E-state index contributed by atoms with van der Waals surface area (Å²) in [5.41, 5.74) is 5.12. The monoisotopic (exact) mass is 408 g/mol. The summed E-state index contributed by atoms with van der Waals surface area (Å²) < 4.78 is 5.05. The molecule has 0 atom stereocenters. The van der Waals surface area contributed by atoms with E-state index >= 15 is 0 Å². The molecule has 0 bridgehead atoms. The third-order valence-electron chi connectivity index (χ3n) is 4.47. The number of esters is 1. The molecule has 3 rings (SSSR count). The van der Waals surface area contributed by atoms with Gasteiger partial charge in [0.2, 0.25) is 5.91 Å². The number of hydrogen-bond acceptors (Lipinski definition) is 5. The summed E-state index contributed by atoms with van der Waals surface area (Å²) in [4.78, 5) is 29.3. The van der Waals surface area contributed by atoms with Gasteiger partial charge in [0.05, 0.1) is 29.1 Å². The number of hydrogen-bond donors (Lipinski definition) is 1. The predicted octanol–water partition coefficient (Wildman–Crippen LogP) is 5.07. The first-order valence-corrected chi connectivity index (χ1v) is 10.4. The number of benzene rings is 2. The number of carbonyl (C=O) groups excluding carboxylic acids is 2. The minimum Gasteiger partial charge on any atom is -0.462 e. The van der Waals surface area contributed by atoms with Crippen LogP contribution in [0, 0.1) is 20.8 Å². The van der Waals surface area contributed by atoms with Crippen LogP contribution in [-0.4, -0.2) is 29.2 Å². The fraction of sp³-hybridized carbons (Fsp3) is 0.261. The largest absolute Gasteiger partial charge is 0.462 e. The van der Waals surface area contributed by atoms with E-state index in [1.807, 2.05) is 6.92 Å². The molecule has 0 radical (unpaired) electrons. The molecule has 1 amide bonds. The van der Waals surface area contributed by atoms with Gasteiger partial charge in [-0.2, -0.15) is 0 Å². The van der Waals surface area contributed by atoms with Crippen molar-refractivity contribution in [2.24, 2.45) is 0 Å². The molecule has 3 aromatic rings. The zero-order valence-corrected chi connectivity index (χ0v) is 17.9. The maximum absolute atomic E-state index is 12.5. The molecule has 0 aliphatic carbocycles. The van der Waals surface area contributed by atoms with Crippen molar-refractivity contribution in [3.63, 3.8) is 0 Å². The Morgan fingerprint density at radius 3 is 2.59 bits per heavy atom. The average molecular weight is 409 g/mol. The molecule has 6 heteroatoms. The van der Waals surface area contributed by atoms with E-state index < -0.39 is 5.97 Å². The Balaban J connectivity index is 1.73. The van der Waals surface area contributed by atoms with Crippen LogP contribution >= 0.6 is 11.8 Å². The second kappa shape index (κ2) is 9.09. The number of thioether (sulfide) groups is 1. The number of pyridine rings is 1. The molecule has 0 aliphatic heterocycles. The van der Waals surface area contributed by atoms with Crippen molar-refractivity contribution in [1.29, 1.82) is 0 Å². The van der Waals surface area contributed by atoms with Crippen LogP contribution in [0.4, 0.5) is 5.69 Å². The molecule has 1 aromatic heterocycles. The smallest absolute Gasteiger partial charge is 0.340 e. The maximum atomic E-state index is 12.5. The van der Waals surface area contributed by atoms with Gasteiger partial charge in [-0.25, -0.2) is 9.78 Å². The van der Waals surface area contributed by atoms with E-state index in [9.17, 15) is 9.59 Å². The molecule has 0 spiro atoms. The number of para-hydroxylation sites is 1. The van der Waals surface area contributed by atoms with Gasteiger partial charge in [0.25, 0.3) is 0 Å². The van der Waals surface area contributed by atoms with Gasteiger partial charge in [-0.3, -0.25) is 4.79 Å². The number of amides is 1. The second-order valence-electron chi connectivity index (χ2n) is 6.86. The van der Waals surface area contributed by atoms with Crippen LogP contribution in [0.2, 0.25) is 0 Å². The van der Waals surface area contributed by atoms with E-state index in [1.165, 1.54) is 17.3 Å². The third kappa shape index (κ3) is 4.95. The predicted molar refractivity (Wildman–Crippen MR) is 118 cm³/mol. The number of aromatic nitrogens is 1. The van der Waals surface area contributed by atoms with Crippen LogP contribution in [0.5, 0.6) is 0 Å². The summed E-state index contributed by atoms with van der Waals surface area (Å²) in [5, 5.41) is 4.77. The first kappa shape index (κ1) is 20.9. The minimum atomic E-state index is -0.450. The van der Waals surface area contributed by atoms with Crippen LogP contribution in [0.25, 0.3) is 10.9 Å². The van der Waals surface area contributed by atoms with Gasteiger partial charge in [0.15, 0.2) is 0 Å². The molecular weight excluding hydrogens is 384 g/mol. The summed E-state index contributed by atoms with van der Waals surface area (Å²) in [6.45, 7) is 8.16. The number of anilines is 1. The van der Waals surface area contributed by atoms with Crippen molar-refractivity contribution in [2.75, 3.05) is 17.7 Å². The SMILES string of the molecule is CCOC(=O)c1ccccc1NC(=O)CSc1nc2cc(C)cc(C)c2cc1C. The number of nitrogens with zero attached hydrogens (tertiary/aromatic N) is 1. The van der Waals surface area contributed by atoms with Gasteiger partial charge < -0.3 is 10.1 Å². The minimum absolute atomic E-state index is 0.196. The Labute approximate surface area is 174 Å². The van der Waals surface area contributed by atoms with Crippen LogP contribution < -0.4 is 5.32 Å². The number of rotatable bonds is 6. The van der Waals surface area contributed by atoms with E-state index in [0.29, 0.717) is 11.3 Å². The maximum Gasteiger partial charge on any atom is 0.340 e. The van der Waals surface area contributed by atoms with E-state index in [1.54, 1.807) is 31.2 Å². The quantitative estimate of drug-likeness (QED) is 0.456. The fourth-order valence-corrected chi connectivity index (χ4v) is 3.95. The highest BCUT2D eigenvalue weighted by Crippen LogP contribution is 2.27. The van der Waals surface area contributed by atoms with Crippen LogP contribution in [0.1, 0.15) is 34.0 Å². The average Bonchev–Trinajstić information content (AvgIpc) is 2.67. The molecule has 1 heterocycles. The standard InChI is InChI=1S/C23H24N2O3S/c1-5-28-23(27)17-8-6-7-9-19(17)24-21(26)13-29-22-16(4)12-18-15(3)10-14(2)11-20(18)25-22/h6-12H,5,13H2,1-4H3,(H,24,26). The van der Waals surface area contributed by atoms with Crippen molar-refractivity contribution in [3.8, 4) is 0 Å². The second-order valence-corrected chi connectivity index (χ2v) is 7.83. The Morgan fingerprint density at radius 1 is 1.07 bits per heavy atom. The summed E-state index contributed by atoms with van der Waals surface area (Å²) in [5.74, 6) is -0.455. The number of carbonyl (C=O) groups is 2. The Kier molecular flexibility index (Phi) is 6.54. The number of ether oxygens (including phenoxy) is 1. The lowest BCUT2D eigenvalue weighted by Gasteiger charge is -2.11. The van der Waals surface area contributed by atoms with Crippen LogP contribution in [0.15, 0.2) is 47.5 Å².